The molecular formula is C18H18N2OS. The average molecular weight is 310 g/mol. The van der Waals surface area contributed by atoms with E-state index >= 15 is 0 Å². The van der Waals surface area contributed by atoms with Crippen molar-refractivity contribution in [2.45, 2.75) is 26.2 Å². The van der Waals surface area contributed by atoms with Crippen LogP contribution in [0, 0.1) is 6.92 Å². The first kappa shape index (κ1) is 14.7. The molecule has 0 spiro atoms. The number of aryl methyl sites for hydroxylation is 1. The average Bonchev–Trinajstić information content (AvgIpc) is 2.90. The number of thiazole rings is 1. The quantitative estimate of drug-likeness (QED) is 0.756. The Morgan fingerprint density at radius 2 is 2.00 bits per heavy atom. The molecule has 0 aliphatic rings. The molecule has 1 heterocycles. The van der Waals surface area contributed by atoms with E-state index in [1.54, 1.807) is 0 Å². The Balaban J connectivity index is 1.82. The molecule has 0 radical (unpaired) electrons. The number of nitrogens with one attached hydrogen (secondary N) is 1. The predicted octanol–water partition coefficient (Wildman–Crippen LogP) is 4.74. The second-order valence-electron chi connectivity index (χ2n) is 5.35. The molecule has 0 aliphatic carbocycles. The van der Waals surface area contributed by atoms with Crippen LogP contribution in [-0.2, 0) is 4.79 Å². The fourth-order valence-corrected chi connectivity index (χ4v) is 3.50. The Morgan fingerprint density at radius 1 is 1.23 bits per heavy atom. The van der Waals surface area contributed by atoms with Crippen LogP contribution in [0.2, 0.25) is 0 Å². The Kier molecular flexibility index (Phi) is 4.20. The Morgan fingerprint density at radius 3 is 2.73 bits per heavy atom. The highest BCUT2D eigenvalue weighted by molar-refractivity contribution is 7.22. The second-order valence-corrected chi connectivity index (χ2v) is 6.38. The number of benzene rings is 2. The smallest absolute Gasteiger partial charge is 0.233 e. The summed E-state index contributed by atoms with van der Waals surface area (Å²) >= 11 is 1.52. The van der Waals surface area contributed by atoms with E-state index in [1.165, 1.54) is 16.9 Å². The number of carbonyl (C=O) groups excluding carboxylic acids is 1. The topological polar surface area (TPSA) is 42.0 Å². The third-order valence-electron chi connectivity index (χ3n) is 3.70. The highest BCUT2D eigenvalue weighted by Gasteiger charge is 2.19. The standard InChI is InChI=1S/C18H18N2OS/c1-3-14(13-7-5-4-6-8-13)17(21)20-18-19-15-10-9-12(2)11-16(15)22-18/h4-11,14H,3H2,1-2H3,(H,19,20,21). The minimum absolute atomic E-state index is 0.00415. The lowest BCUT2D eigenvalue weighted by atomic mass is 9.96. The molecule has 1 amide bonds. The van der Waals surface area contributed by atoms with Gasteiger partial charge in [0, 0.05) is 0 Å². The first-order valence-electron chi connectivity index (χ1n) is 7.40. The number of anilines is 1. The molecule has 1 atom stereocenters. The number of fused-ring (bicyclic) bond motifs is 1. The summed E-state index contributed by atoms with van der Waals surface area (Å²) in [5, 5.41) is 3.64. The Bertz CT molecular complexity index is 795. The molecular weight excluding hydrogens is 292 g/mol. The summed E-state index contributed by atoms with van der Waals surface area (Å²) in [5.41, 5.74) is 3.17. The van der Waals surface area contributed by atoms with Crippen molar-refractivity contribution in [3.8, 4) is 0 Å². The zero-order chi connectivity index (χ0) is 15.5. The van der Waals surface area contributed by atoms with Crippen molar-refractivity contribution in [1.29, 1.82) is 0 Å². The summed E-state index contributed by atoms with van der Waals surface area (Å²) in [7, 11) is 0. The van der Waals surface area contributed by atoms with Crippen LogP contribution in [0.4, 0.5) is 5.13 Å². The zero-order valence-corrected chi connectivity index (χ0v) is 13.5. The molecule has 0 bridgehead atoms. The van der Waals surface area contributed by atoms with Gasteiger partial charge in [0.2, 0.25) is 5.91 Å². The SMILES string of the molecule is CCC(C(=O)Nc1nc2ccc(C)cc2s1)c1ccccc1. The summed E-state index contributed by atoms with van der Waals surface area (Å²) in [6.45, 7) is 4.08. The van der Waals surface area contributed by atoms with Crippen molar-refractivity contribution in [3.63, 3.8) is 0 Å². The number of amides is 1. The molecule has 0 saturated heterocycles. The molecule has 1 N–H and O–H groups in total. The van der Waals surface area contributed by atoms with Gasteiger partial charge in [0.05, 0.1) is 16.1 Å². The number of aromatic nitrogens is 1. The predicted molar refractivity (Wildman–Crippen MR) is 92.5 cm³/mol. The van der Waals surface area contributed by atoms with Crippen molar-refractivity contribution in [2.75, 3.05) is 5.32 Å². The van der Waals surface area contributed by atoms with Crippen molar-refractivity contribution in [3.05, 3.63) is 59.7 Å². The lowest BCUT2D eigenvalue weighted by Gasteiger charge is -2.13. The van der Waals surface area contributed by atoms with Gasteiger partial charge in [0.15, 0.2) is 5.13 Å². The van der Waals surface area contributed by atoms with Gasteiger partial charge in [0.1, 0.15) is 0 Å². The van der Waals surface area contributed by atoms with Crippen molar-refractivity contribution in [1.82, 2.24) is 4.98 Å². The normalized spacial score (nSPS) is 12.3. The van der Waals surface area contributed by atoms with Gasteiger partial charge in [-0.1, -0.05) is 54.7 Å². The van der Waals surface area contributed by atoms with E-state index in [9.17, 15) is 4.79 Å². The van der Waals surface area contributed by atoms with Crippen LogP contribution in [-0.4, -0.2) is 10.9 Å². The first-order chi connectivity index (χ1) is 10.7. The summed E-state index contributed by atoms with van der Waals surface area (Å²) in [5.74, 6) is -0.139. The first-order valence-corrected chi connectivity index (χ1v) is 8.22. The van der Waals surface area contributed by atoms with E-state index in [-0.39, 0.29) is 11.8 Å². The van der Waals surface area contributed by atoms with E-state index < -0.39 is 0 Å². The number of hydrogen-bond donors (Lipinski definition) is 1. The van der Waals surface area contributed by atoms with Gasteiger partial charge in [0.25, 0.3) is 0 Å². The van der Waals surface area contributed by atoms with Crippen LogP contribution in [0.15, 0.2) is 48.5 Å². The summed E-state index contributed by atoms with van der Waals surface area (Å²) in [6.07, 6.45) is 0.764. The molecule has 3 aromatic rings. The molecule has 3 nitrogen and oxygen atoms in total. The molecule has 4 heteroatoms. The molecule has 3 rings (SSSR count). The number of hydrogen-bond acceptors (Lipinski definition) is 3. The van der Waals surface area contributed by atoms with E-state index in [4.69, 9.17) is 0 Å². The number of nitrogens with zero attached hydrogens (tertiary/aromatic N) is 1. The molecule has 22 heavy (non-hydrogen) atoms. The molecule has 0 fully saturated rings. The number of rotatable bonds is 4. The van der Waals surface area contributed by atoms with E-state index in [1.807, 2.05) is 49.4 Å². The molecule has 0 aliphatic heterocycles. The van der Waals surface area contributed by atoms with Crippen LogP contribution < -0.4 is 5.32 Å². The van der Waals surface area contributed by atoms with Gasteiger partial charge >= 0.3 is 0 Å². The van der Waals surface area contributed by atoms with Crippen LogP contribution in [0.5, 0.6) is 0 Å². The fourth-order valence-electron chi connectivity index (χ4n) is 2.54. The summed E-state index contributed by atoms with van der Waals surface area (Å²) < 4.78 is 1.10. The van der Waals surface area contributed by atoms with Crippen LogP contribution in [0.25, 0.3) is 10.2 Å². The van der Waals surface area contributed by atoms with Gasteiger partial charge in [-0.2, -0.15) is 0 Å². The minimum atomic E-state index is -0.144. The Labute approximate surface area is 134 Å². The number of carbonyl (C=O) groups is 1. The molecule has 2 aromatic carbocycles. The van der Waals surface area contributed by atoms with Crippen LogP contribution in [0.3, 0.4) is 0 Å². The van der Waals surface area contributed by atoms with E-state index in [0.29, 0.717) is 5.13 Å². The largest absolute Gasteiger partial charge is 0.301 e. The van der Waals surface area contributed by atoms with Crippen molar-refractivity contribution < 1.29 is 4.79 Å². The molecule has 0 saturated carbocycles. The third-order valence-corrected chi connectivity index (χ3v) is 4.63. The van der Waals surface area contributed by atoms with Crippen LogP contribution in [0.1, 0.15) is 30.4 Å². The fraction of sp³-hybridized carbons (Fsp3) is 0.222. The van der Waals surface area contributed by atoms with Gasteiger partial charge in [-0.3, -0.25) is 4.79 Å². The maximum atomic E-state index is 12.5. The van der Waals surface area contributed by atoms with Gasteiger partial charge < -0.3 is 5.32 Å². The summed E-state index contributed by atoms with van der Waals surface area (Å²) in [4.78, 5) is 17.0. The van der Waals surface area contributed by atoms with Crippen molar-refractivity contribution >= 4 is 32.6 Å². The van der Waals surface area contributed by atoms with E-state index in [2.05, 4.69) is 23.3 Å². The Hall–Kier alpha value is -2.20. The lowest BCUT2D eigenvalue weighted by molar-refractivity contribution is -0.117. The van der Waals surface area contributed by atoms with Gasteiger partial charge in [-0.15, -0.1) is 0 Å². The minimum Gasteiger partial charge on any atom is -0.301 e. The van der Waals surface area contributed by atoms with Gasteiger partial charge in [-0.05, 0) is 36.6 Å². The highest BCUT2D eigenvalue weighted by atomic mass is 32.1. The maximum absolute atomic E-state index is 12.5. The molecule has 1 aromatic heterocycles. The lowest BCUT2D eigenvalue weighted by Crippen LogP contribution is -2.20. The van der Waals surface area contributed by atoms with Crippen LogP contribution >= 0.6 is 11.3 Å². The molecule has 112 valence electrons. The summed E-state index contributed by atoms with van der Waals surface area (Å²) in [6, 6.07) is 16.0. The second kappa shape index (κ2) is 6.28. The highest BCUT2D eigenvalue weighted by Crippen LogP contribution is 2.28. The monoisotopic (exact) mass is 310 g/mol. The maximum Gasteiger partial charge on any atom is 0.233 e. The van der Waals surface area contributed by atoms with Gasteiger partial charge in [-0.25, -0.2) is 4.98 Å². The molecule has 1 unspecified atom stereocenters. The van der Waals surface area contributed by atoms with Crippen molar-refractivity contribution in [2.24, 2.45) is 0 Å². The third kappa shape index (κ3) is 3.02. The zero-order valence-electron chi connectivity index (χ0n) is 12.7. The van der Waals surface area contributed by atoms with E-state index in [0.717, 1.165) is 22.2 Å².